The van der Waals surface area contributed by atoms with Gasteiger partial charge in [0.2, 0.25) is 7.37 Å². The first-order chi connectivity index (χ1) is 5.17. The molecule has 1 aliphatic rings. The molecule has 0 bridgehead atoms. The fraction of sp³-hybridized carbons (Fsp3) is 0.714. The molecule has 64 valence electrons. The van der Waals surface area contributed by atoms with Gasteiger partial charge in [-0.05, 0) is 13.0 Å². The fourth-order valence-corrected chi connectivity index (χ4v) is 2.37. The van der Waals surface area contributed by atoms with Crippen molar-refractivity contribution in [3.8, 4) is 0 Å². The molecule has 1 heterocycles. The summed E-state index contributed by atoms with van der Waals surface area (Å²) in [6.45, 7) is 3.32. The van der Waals surface area contributed by atoms with E-state index in [9.17, 15) is 9.46 Å². The first kappa shape index (κ1) is 8.98. The van der Waals surface area contributed by atoms with Crippen LogP contribution in [-0.4, -0.2) is 24.1 Å². The van der Waals surface area contributed by atoms with Crippen LogP contribution in [0.3, 0.4) is 0 Å². The molecule has 0 amide bonds. The van der Waals surface area contributed by atoms with Crippen LogP contribution in [0.4, 0.5) is 0 Å². The van der Waals surface area contributed by atoms with Gasteiger partial charge in [-0.15, -0.1) is 0 Å². The molecule has 3 nitrogen and oxygen atoms in total. The van der Waals surface area contributed by atoms with Gasteiger partial charge in [-0.2, -0.15) is 0 Å². The van der Waals surface area contributed by atoms with Gasteiger partial charge >= 0.3 is 0 Å². The average Bonchev–Trinajstić information content (AvgIpc) is 2.06. The maximum absolute atomic E-state index is 11.4. The number of rotatable bonds is 2. The van der Waals surface area contributed by atoms with Crippen molar-refractivity contribution in [2.75, 3.05) is 19.3 Å². The van der Waals surface area contributed by atoms with Crippen molar-refractivity contribution in [2.45, 2.75) is 13.3 Å². The summed E-state index contributed by atoms with van der Waals surface area (Å²) in [5.74, 6) is 0. The minimum atomic E-state index is -2.93. The minimum Gasteiger partial charge on any atom is -0.341 e. The van der Waals surface area contributed by atoms with Crippen molar-refractivity contribution >= 4 is 7.37 Å². The lowest BCUT2D eigenvalue weighted by Gasteiger charge is -2.17. The Kier molecular flexibility index (Phi) is 2.88. The summed E-state index contributed by atoms with van der Waals surface area (Å²) >= 11 is 0. The van der Waals surface area contributed by atoms with E-state index in [0.717, 1.165) is 24.8 Å². The Labute approximate surface area is 67.0 Å². The van der Waals surface area contributed by atoms with Crippen LogP contribution in [0.5, 0.6) is 0 Å². The van der Waals surface area contributed by atoms with Crippen molar-refractivity contribution in [3.63, 3.8) is 0 Å². The highest BCUT2D eigenvalue weighted by Crippen LogP contribution is 2.50. The predicted octanol–water partition coefficient (Wildman–Crippen LogP) is 1.15. The minimum absolute atomic E-state index is 0.360. The van der Waals surface area contributed by atoms with E-state index < -0.39 is 7.37 Å². The average molecular weight is 175 g/mol. The lowest BCUT2D eigenvalue weighted by Crippen LogP contribution is -2.20. The summed E-state index contributed by atoms with van der Waals surface area (Å²) in [5.41, 5.74) is 0. The quantitative estimate of drug-likeness (QED) is 0.619. The molecule has 0 aromatic heterocycles. The third kappa shape index (κ3) is 2.16. The highest BCUT2D eigenvalue weighted by atomic mass is 31.2. The second kappa shape index (κ2) is 3.53. The molecule has 0 spiro atoms. The summed E-state index contributed by atoms with van der Waals surface area (Å²) in [7, 11) is -2.93. The molecule has 0 fully saturated rings. The monoisotopic (exact) mass is 175 g/mol. The molecule has 0 aliphatic carbocycles. The Morgan fingerprint density at radius 1 is 1.82 bits per heavy atom. The molecule has 1 rings (SSSR count). The standard InChI is InChI=1S/C7H14NO2P/c1-2-11(9,10)7-3-5-8-6-4-7/h3,8H,2,4-6H2,1H3,(H,9,10). The van der Waals surface area contributed by atoms with Crippen LogP contribution in [0.15, 0.2) is 11.4 Å². The summed E-state index contributed by atoms with van der Waals surface area (Å²) < 4.78 is 11.4. The maximum Gasteiger partial charge on any atom is 0.225 e. The van der Waals surface area contributed by atoms with E-state index in [4.69, 9.17) is 0 Å². The molecule has 0 aromatic rings. The predicted molar refractivity (Wildman–Crippen MR) is 45.9 cm³/mol. The Morgan fingerprint density at radius 3 is 3.00 bits per heavy atom. The molecule has 1 atom stereocenters. The molecule has 0 saturated carbocycles. The molecule has 0 radical (unpaired) electrons. The lowest BCUT2D eigenvalue weighted by atomic mass is 10.3. The third-order valence-electron chi connectivity index (χ3n) is 1.92. The molecule has 4 heteroatoms. The third-order valence-corrected chi connectivity index (χ3v) is 4.08. The van der Waals surface area contributed by atoms with Gasteiger partial charge in [-0.1, -0.05) is 13.0 Å². The zero-order valence-electron chi connectivity index (χ0n) is 6.71. The zero-order valence-corrected chi connectivity index (χ0v) is 7.60. The molecule has 11 heavy (non-hydrogen) atoms. The normalized spacial score (nSPS) is 24.0. The number of hydrogen-bond acceptors (Lipinski definition) is 2. The van der Waals surface area contributed by atoms with Gasteiger partial charge in [-0.3, -0.25) is 4.57 Å². The van der Waals surface area contributed by atoms with E-state index in [0.29, 0.717) is 6.16 Å². The summed E-state index contributed by atoms with van der Waals surface area (Å²) in [4.78, 5) is 9.41. The topological polar surface area (TPSA) is 49.3 Å². The van der Waals surface area contributed by atoms with Crippen LogP contribution < -0.4 is 5.32 Å². The van der Waals surface area contributed by atoms with E-state index in [1.54, 1.807) is 6.92 Å². The summed E-state index contributed by atoms with van der Waals surface area (Å²) in [6, 6.07) is 0. The SMILES string of the molecule is CCP(=O)(O)C1=CCNCC1. The van der Waals surface area contributed by atoms with Crippen LogP contribution in [0, 0.1) is 0 Å². The van der Waals surface area contributed by atoms with Gasteiger partial charge in [0.1, 0.15) is 0 Å². The number of nitrogens with one attached hydrogen (secondary N) is 1. The Bertz CT molecular complexity index is 212. The largest absolute Gasteiger partial charge is 0.341 e. The summed E-state index contributed by atoms with van der Waals surface area (Å²) in [5, 5.41) is 3.85. The first-order valence-corrected chi connectivity index (χ1v) is 5.73. The van der Waals surface area contributed by atoms with Crippen LogP contribution in [0.2, 0.25) is 0 Å². The highest BCUT2D eigenvalue weighted by molar-refractivity contribution is 7.62. The summed E-state index contributed by atoms with van der Waals surface area (Å²) in [6.07, 6.45) is 2.92. The van der Waals surface area contributed by atoms with E-state index in [1.165, 1.54) is 0 Å². The van der Waals surface area contributed by atoms with Crippen LogP contribution in [0.1, 0.15) is 13.3 Å². The molecule has 1 unspecified atom stereocenters. The van der Waals surface area contributed by atoms with Gasteiger partial charge in [-0.25, -0.2) is 0 Å². The van der Waals surface area contributed by atoms with Crippen LogP contribution >= 0.6 is 7.37 Å². The van der Waals surface area contributed by atoms with Gasteiger partial charge in [0.25, 0.3) is 0 Å². The van der Waals surface area contributed by atoms with Crippen molar-refractivity contribution in [1.29, 1.82) is 0 Å². The highest BCUT2D eigenvalue weighted by Gasteiger charge is 2.22. The second-order valence-electron chi connectivity index (χ2n) is 2.67. The van der Waals surface area contributed by atoms with E-state index in [2.05, 4.69) is 5.32 Å². The molecule has 0 saturated heterocycles. The molecule has 2 N–H and O–H groups in total. The number of hydrogen-bond donors (Lipinski definition) is 2. The second-order valence-corrected chi connectivity index (χ2v) is 5.28. The fourth-order valence-electron chi connectivity index (χ4n) is 1.13. The molecule has 1 aliphatic heterocycles. The first-order valence-electron chi connectivity index (χ1n) is 3.89. The Balaban J connectivity index is 2.72. The molecular formula is C7H14NO2P. The maximum atomic E-state index is 11.4. The van der Waals surface area contributed by atoms with Crippen LogP contribution in [0.25, 0.3) is 0 Å². The van der Waals surface area contributed by atoms with Crippen molar-refractivity contribution in [3.05, 3.63) is 11.4 Å². The van der Waals surface area contributed by atoms with Crippen molar-refractivity contribution in [1.82, 2.24) is 5.32 Å². The van der Waals surface area contributed by atoms with Crippen molar-refractivity contribution < 1.29 is 9.46 Å². The van der Waals surface area contributed by atoms with E-state index in [-0.39, 0.29) is 0 Å². The lowest BCUT2D eigenvalue weighted by molar-refractivity contribution is 0.483. The Morgan fingerprint density at radius 2 is 2.55 bits per heavy atom. The Hall–Kier alpha value is -0.110. The van der Waals surface area contributed by atoms with Gasteiger partial charge < -0.3 is 10.2 Å². The van der Waals surface area contributed by atoms with Gasteiger partial charge in [0.15, 0.2) is 0 Å². The molecular weight excluding hydrogens is 161 g/mol. The van der Waals surface area contributed by atoms with Crippen LogP contribution in [-0.2, 0) is 4.57 Å². The molecule has 0 aromatic carbocycles. The zero-order chi connectivity index (χ0) is 8.32. The van der Waals surface area contributed by atoms with Gasteiger partial charge in [0, 0.05) is 18.0 Å². The smallest absolute Gasteiger partial charge is 0.225 e. The van der Waals surface area contributed by atoms with E-state index in [1.807, 2.05) is 6.08 Å². The van der Waals surface area contributed by atoms with Gasteiger partial charge in [0.05, 0.1) is 0 Å². The van der Waals surface area contributed by atoms with E-state index >= 15 is 0 Å². The van der Waals surface area contributed by atoms with Crippen molar-refractivity contribution in [2.24, 2.45) is 0 Å².